The van der Waals surface area contributed by atoms with Crippen molar-refractivity contribution in [2.75, 3.05) is 25.0 Å². The average Bonchev–Trinajstić information content (AvgIpc) is 2.42. The van der Waals surface area contributed by atoms with Crippen molar-refractivity contribution >= 4 is 17.6 Å². The van der Waals surface area contributed by atoms with Gasteiger partial charge in [0.25, 0.3) is 0 Å². The van der Waals surface area contributed by atoms with Gasteiger partial charge < -0.3 is 15.4 Å². The van der Waals surface area contributed by atoms with Gasteiger partial charge in [0, 0.05) is 13.1 Å². The minimum atomic E-state index is -0.760. The van der Waals surface area contributed by atoms with Gasteiger partial charge in [0.1, 0.15) is 5.82 Å². The van der Waals surface area contributed by atoms with Crippen LogP contribution in [0.2, 0.25) is 0 Å². The highest BCUT2D eigenvalue weighted by Crippen LogP contribution is 2.11. The molecule has 108 valence electrons. The highest BCUT2D eigenvalue weighted by Gasteiger charge is 2.18. The number of rotatable bonds is 3. The van der Waals surface area contributed by atoms with E-state index in [2.05, 4.69) is 16.0 Å². The lowest BCUT2D eigenvalue weighted by Crippen LogP contribution is -2.43. The fourth-order valence-corrected chi connectivity index (χ4v) is 1.85. The van der Waals surface area contributed by atoms with Crippen LogP contribution in [0.25, 0.3) is 0 Å². The van der Waals surface area contributed by atoms with Gasteiger partial charge >= 0.3 is 6.03 Å². The van der Waals surface area contributed by atoms with Gasteiger partial charge in [-0.2, -0.15) is 0 Å². The van der Waals surface area contributed by atoms with Crippen molar-refractivity contribution in [3.05, 3.63) is 30.1 Å². The third-order valence-corrected chi connectivity index (χ3v) is 2.79. The second kappa shape index (κ2) is 6.97. The molecule has 1 fully saturated rings. The largest absolute Gasteiger partial charge is 0.375 e. The summed E-state index contributed by atoms with van der Waals surface area (Å²) in [5, 5.41) is 7.50. The number of ether oxygens (including phenoxy) is 1. The Hall–Kier alpha value is -1.99. The molecule has 1 heterocycles. The van der Waals surface area contributed by atoms with Crippen molar-refractivity contribution in [1.82, 2.24) is 10.6 Å². The van der Waals surface area contributed by atoms with Crippen LogP contribution in [0, 0.1) is 5.82 Å². The monoisotopic (exact) mass is 281 g/mol. The van der Waals surface area contributed by atoms with Crippen LogP contribution in [-0.2, 0) is 9.53 Å². The number of halogens is 1. The van der Waals surface area contributed by atoms with Gasteiger partial charge in [-0.05, 0) is 12.1 Å². The molecule has 0 saturated carbocycles. The predicted octanol–water partition coefficient (Wildman–Crippen LogP) is 0.852. The zero-order valence-corrected chi connectivity index (χ0v) is 10.8. The van der Waals surface area contributed by atoms with Crippen molar-refractivity contribution in [3.8, 4) is 0 Å². The molecule has 0 radical (unpaired) electrons. The molecule has 3 N–H and O–H groups in total. The van der Waals surface area contributed by atoms with E-state index < -0.39 is 17.8 Å². The number of amides is 3. The van der Waals surface area contributed by atoms with Crippen LogP contribution in [0.3, 0.4) is 0 Å². The molecular formula is C13H16FN3O3. The summed E-state index contributed by atoms with van der Waals surface area (Å²) in [5.41, 5.74) is 0.0217. The van der Waals surface area contributed by atoms with Crippen LogP contribution in [0.5, 0.6) is 0 Å². The number of benzene rings is 1. The number of imide groups is 1. The van der Waals surface area contributed by atoms with Gasteiger partial charge in [0.2, 0.25) is 5.91 Å². The molecule has 7 heteroatoms. The van der Waals surface area contributed by atoms with E-state index in [1.807, 2.05) is 0 Å². The molecule has 0 spiro atoms. The first kappa shape index (κ1) is 14.4. The van der Waals surface area contributed by atoms with Gasteiger partial charge in [-0.25, -0.2) is 9.18 Å². The van der Waals surface area contributed by atoms with Gasteiger partial charge in [-0.3, -0.25) is 10.1 Å². The van der Waals surface area contributed by atoms with E-state index >= 15 is 0 Å². The summed E-state index contributed by atoms with van der Waals surface area (Å²) in [7, 11) is 0. The minimum absolute atomic E-state index is 0.0217. The maximum Gasteiger partial charge on any atom is 0.325 e. The summed E-state index contributed by atoms with van der Waals surface area (Å²) in [6.07, 6.45) is -0.164. The van der Waals surface area contributed by atoms with Crippen molar-refractivity contribution < 1.29 is 18.7 Å². The van der Waals surface area contributed by atoms with Crippen molar-refractivity contribution in [2.45, 2.75) is 12.5 Å². The molecule has 2 rings (SSSR count). The van der Waals surface area contributed by atoms with Crippen LogP contribution < -0.4 is 16.0 Å². The molecule has 20 heavy (non-hydrogen) atoms. The Labute approximate surface area is 115 Å². The Morgan fingerprint density at radius 3 is 2.90 bits per heavy atom. The van der Waals surface area contributed by atoms with Crippen molar-refractivity contribution in [3.63, 3.8) is 0 Å². The van der Waals surface area contributed by atoms with Crippen LogP contribution >= 0.6 is 0 Å². The number of urea groups is 1. The Morgan fingerprint density at radius 2 is 2.20 bits per heavy atom. The Morgan fingerprint density at radius 1 is 1.40 bits per heavy atom. The SMILES string of the molecule is O=C(CC1CNCCO1)NC(=O)Nc1ccccc1F. The van der Waals surface area contributed by atoms with E-state index in [9.17, 15) is 14.0 Å². The van der Waals surface area contributed by atoms with Crippen LogP contribution in [0.1, 0.15) is 6.42 Å². The van der Waals surface area contributed by atoms with Crippen molar-refractivity contribution in [1.29, 1.82) is 0 Å². The highest BCUT2D eigenvalue weighted by molar-refractivity contribution is 6.01. The Bertz CT molecular complexity index is 490. The summed E-state index contributed by atoms with van der Waals surface area (Å²) >= 11 is 0. The van der Waals surface area contributed by atoms with Crippen LogP contribution in [0.4, 0.5) is 14.9 Å². The van der Waals surface area contributed by atoms with E-state index in [1.165, 1.54) is 18.2 Å². The lowest BCUT2D eigenvalue weighted by molar-refractivity contribution is -0.123. The number of nitrogens with one attached hydrogen (secondary N) is 3. The number of para-hydroxylation sites is 1. The first-order valence-corrected chi connectivity index (χ1v) is 6.33. The van der Waals surface area contributed by atoms with E-state index in [4.69, 9.17) is 4.74 Å². The third-order valence-electron chi connectivity index (χ3n) is 2.79. The standard InChI is InChI=1S/C13H16FN3O3/c14-10-3-1-2-4-11(10)16-13(19)17-12(18)7-9-8-15-5-6-20-9/h1-4,9,15H,5-8H2,(H2,16,17,18,19). The second-order valence-electron chi connectivity index (χ2n) is 4.38. The molecule has 3 amide bonds. The number of anilines is 1. The summed E-state index contributed by atoms with van der Waals surface area (Å²) in [6, 6.07) is 4.97. The molecule has 1 aromatic rings. The maximum atomic E-state index is 13.3. The molecule has 0 aliphatic carbocycles. The fraction of sp³-hybridized carbons (Fsp3) is 0.385. The van der Waals surface area contributed by atoms with Crippen LogP contribution in [-0.4, -0.2) is 37.7 Å². The topological polar surface area (TPSA) is 79.5 Å². The summed E-state index contributed by atoms with van der Waals surface area (Å²) in [6.45, 7) is 1.87. The molecule has 1 unspecified atom stereocenters. The van der Waals surface area contributed by atoms with E-state index in [0.717, 1.165) is 6.54 Å². The van der Waals surface area contributed by atoms with E-state index in [0.29, 0.717) is 13.2 Å². The lowest BCUT2D eigenvalue weighted by atomic mass is 10.2. The van der Waals surface area contributed by atoms with Gasteiger partial charge in [-0.1, -0.05) is 12.1 Å². The van der Waals surface area contributed by atoms with Gasteiger partial charge in [0.05, 0.1) is 24.8 Å². The molecular weight excluding hydrogens is 265 g/mol. The third kappa shape index (κ3) is 4.29. The normalized spacial score (nSPS) is 18.4. The summed E-state index contributed by atoms with van der Waals surface area (Å²) < 4.78 is 18.7. The summed E-state index contributed by atoms with van der Waals surface area (Å²) in [5.74, 6) is -1.03. The zero-order chi connectivity index (χ0) is 14.4. The van der Waals surface area contributed by atoms with Crippen LogP contribution in [0.15, 0.2) is 24.3 Å². The molecule has 1 aliphatic heterocycles. The quantitative estimate of drug-likeness (QED) is 0.767. The van der Waals surface area contributed by atoms with E-state index in [1.54, 1.807) is 6.07 Å². The first-order valence-electron chi connectivity index (χ1n) is 6.33. The Kier molecular flexibility index (Phi) is 5.03. The molecule has 0 aromatic heterocycles. The average molecular weight is 281 g/mol. The highest BCUT2D eigenvalue weighted by atomic mass is 19.1. The Balaban J connectivity index is 1.79. The number of carbonyl (C=O) groups excluding carboxylic acids is 2. The van der Waals surface area contributed by atoms with E-state index in [-0.39, 0.29) is 18.2 Å². The molecule has 1 aromatic carbocycles. The summed E-state index contributed by atoms with van der Waals surface area (Å²) in [4.78, 5) is 23.2. The van der Waals surface area contributed by atoms with Crippen molar-refractivity contribution in [2.24, 2.45) is 0 Å². The second-order valence-corrected chi connectivity index (χ2v) is 4.38. The lowest BCUT2D eigenvalue weighted by Gasteiger charge is -2.22. The maximum absolute atomic E-state index is 13.3. The molecule has 0 bridgehead atoms. The molecule has 1 atom stereocenters. The number of morpholine rings is 1. The molecule has 1 aliphatic rings. The molecule has 1 saturated heterocycles. The number of hydrogen-bond acceptors (Lipinski definition) is 4. The molecule has 6 nitrogen and oxygen atoms in total. The fourth-order valence-electron chi connectivity index (χ4n) is 1.85. The zero-order valence-electron chi connectivity index (χ0n) is 10.8. The van der Waals surface area contributed by atoms with Gasteiger partial charge in [0.15, 0.2) is 0 Å². The smallest absolute Gasteiger partial charge is 0.325 e. The van der Waals surface area contributed by atoms with Gasteiger partial charge in [-0.15, -0.1) is 0 Å². The predicted molar refractivity (Wildman–Crippen MR) is 70.8 cm³/mol. The number of hydrogen-bond donors (Lipinski definition) is 3. The first-order chi connectivity index (χ1) is 9.65. The number of carbonyl (C=O) groups is 2. The minimum Gasteiger partial charge on any atom is -0.375 e.